The molecule has 14 heavy (non-hydrogen) atoms. The highest BCUT2D eigenvalue weighted by molar-refractivity contribution is 5.74. The molecule has 0 spiro atoms. The molecule has 1 amide bonds. The maximum absolute atomic E-state index is 12.8. The summed E-state index contributed by atoms with van der Waals surface area (Å²) in [5.74, 6) is -0.101. The van der Waals surface area contributed by atoms with E-state index in [4.69, 9.17) is 0 Å². The van der Waals surface area contributed by atoms with Crippen LogP contribution in [0.1, 0.15) is 18.4 Å². The van der Waals surface area contributed by atoms with E-state index in [1.165, 1.54) is 12.3 Å². The standard InChI is InChI=1S/C10H11FN2O/c1-7(14)13-5-9(6-13)8-2-3-12-10(11)4-8/h2-4,9H,5-6H2,1H3. The zero-order chi connectivity index (χ0) is 10.1. The second-order valence-corrected chi connectivity index (χ2v) is 3.53. The lowest BCUT2D eigenvalue weighted by molar-refractivity contribution is -0.133. The molecule has 1 aromatic rings. The monoisotopic (exact) mass is 194 g/mol. The van der Waals surface area contributed by atoms with Crippen molar-refractivity contribution in [1.29, 1.82) is 0 Å². The molecule has 1 saturated heterocycles. The van der Waals surface area contributed by atoms with Gasteiger partial charge in [0.05, 0.1) is 0 Å². The maximum Gasteiger partial charge on any atom is 0.219 e. The molecule has 0 saturated carbocycles. The van der Waals surface area contributed by atoms with Gasteiger partial charge in [0.2, 0.25) is 11.9 Å². The van der Waals surface area contributed by atoms with E-state index < -0.39 is 5.95 Å². The molecule has 0 radical (unpaired) electrons. The van der Waals surface area contributed by atoms with Gasteiger partial charge in [-0.05, 0) is 17.7 Å². The van der Waals surface area contributed by atoms with Crippen molar-refractivity contribution < 1.29 is 9.18 Å². The van der Waals surface area contributed by atoms with Gasteiger partial charge in [0, 0.05) is 32.1 Å². The Morgan fingerprint density at radius 3 is 2.93 bits per heavy atom. The molecule has 0 bridgehead atoms. The van der Waals surface area contributed by atoms with Gasteiger partial charge in [-0.3, -0.25) is 4.79 Å². The van der Waals surface area contributed by atoms with Crippen LogP contribution in [0.25, 0.3) is 0 Å². The number of halogens is 1. The molecule has 1 aliphatic rings. The average Bonchev–Trinajstić information content (AvgIpc) is 2.00. The van der Waals surface area contributed by atoms with E-state index in [0.29, 0.717) is 13.1 Å². The molecule has 4 heteroatoms. The Morgan fingerprint density at radius 1 is 1.64 bits per heavy atom. The third-order valence-corrected chi connectivity index (χ3v) is 2.55. The number of amides is 1. The van der Waals surface area contributed by atoms with E-state index >= 15 is 0 Å². The average molecular weight is 194 g/mol. The molecule has 2 heterocycles. The summed E-state index contributed by atoms with van der Waals surface area (Å²) in [5, 5.41) is 0. The predicted molar refractivity (Wildman–Crippen MR) is 49.2 cm³/mol. The smallest absolute Gasteiger partial charge is 0.219 e. The van der Waals surface area contributed by atoms with Gasteiger partial charge in [0.15, 0.2) is 0 Å². The van der Waals surface area contributed by atoms with Crippen molar-refractivity contribution >= 4 is 5.91 Å². The fourth-order valence-electron chi connectivity index (χ4n) is 1.62. The zero-order valence-electron chi connectivity index (χ0n) is 7.90. The quantitative estimate of drug-likeness (QED) is 0.629. The van der Waals surface area contributed by atoms with Crippen molar-refractivity contribution in [2.45, 2.75) is 12.8 Å². The Balaban J connectivity index is 2.03. The topological polar surface area (TPSA) is 33.2 Å². The first-order chi connectivity index (χ1) is 6.66. The molecular weight excluding hydrogens is 183 g/mol. The van der Waals surface area contributed by atoms with Gasteiger partial charge in [-0.25, -0.2) is 4.98 Å². The lowest BCUT2D eigenvalue weighted by Crippen LogP contribution is -2.47. The number of aromatic nitrogens is 1. The zero-order valence-corrected chi connectivity index (χ0v) is 7.90. The molecule has 74 valence electrons. The molecule has 0 N–H and O–H groups in total. The lowest BCUT2D eigenvalue weighted by Gasteiger charge is -2.38. The van der Waals surface area contributed by atoms with Gasteiger partial charge in [-0.2, -0.15) is 4.39 Å². The maximum atomic E-state index is 12.8. The Morgan fingerprint density at radius 2 is 2.36 bits per heavy atom. The van der Waals surface area contributed by atoms with Crippen LogP contribution in [-0.2, 0) is 4.79 Å². The molecule has 3 nitrogen and oxygen atoms in total. The third-order valence-electron chi connectivity index (χ3n) is 2.55. The van der Waals surface area contributed by atoms with E-state index in [9.17, 15) is 9.18 Å². The van der Waals surface area contributed by atoms with Crippen molar-refractivity contribution in [3.63, 3.8) is 0 Å². The highest BCUT2D eigenvalue weighted by atomic mass is 19.1. The van der Waals surface area contributed by atoms with Crippen LogP contribution in [-0.4, -0.2) is 28.9 Å². The summed E-state index contributed by atoms with van der Waals surface area (Å²) in [5.41, 5.74) is 0.926. The summed E-state index contributed by atoms with van der Waals surface area (Å²) in [4.78, 5) is 16.1. The van der Waals surface area contributed by atoms with Gasteiger partial charge < -0.3 is 4.90 Å². The Kier molecular flexibility index (Phi) is 2.19. The fourth-order valence-corrected chi connectivity index (χ4v) is 1.62. The number of hydrogen-bond acceptors (Lipinski definition) is 2. The van der Waals surface area contributed by atoms with E-state index in [2.05, 4.69) is 4.98 Å². The highest BCUT2D eigenvalue weighted by Gasteiger charge is 2.29. The Hall–Kier alpha value is -1.45. The van der Waals surface area contributed by atoms with Gasteiger partial charge in [-0.15, -0.1) is 0 Å². The van der Waals surface area contributed by atoms with Crippen LogP contribution in [0.5, 0.6) is 0 Å². The van der Waals surface area contributed by atoms with Crippen LogP contribution < -0.4 is 0 Å². The predicted octanol–water partition coefficient (Wildman–Crippen LogP) is 1.17. The first-order valence-electron chi connectivity index (χ1n) is 4.54. The van der Waals surface area contributed by atoms with E-state index in [1.807, 2.05) is 0 Å². The van der Waals surface area contributed by atoms with Crippen molar-refractivity contribution in [2.24, 2.45) is 0 Å². The molecule has 0 atom stereocenters. The molecule has 1 aromatic heterocycles. The highest BCUT2D eigenvalue weighted by Crippen LogP contribution is 2.26. The van der Waals surface area contributed by atoms with Crippen molar-refractivity contribution in [2.75, 3.05) is 13.1 Å². The molecule has 1 fully saturated rings. The van der Waals surface area contributed by atoms with Gasteiger partial charge in [0.25, 0.3) is 0 Å². The summed E-state index contributed by atoms with van der Waals surface area (Å²) < 4.78 is 12.8. The number of hydrogen-bond donors (Lipinski definition) is 0. The van der Waals surface area contributed by atoms with Crippen LogP contribution in [0.2, 0.25) is 0 Å². The molecule has 1 aliphatic heterocycles. The summed E-state index contributed by atoms with van der Waals surface area (Å²) in [7, 11) is 0. The SMILES string of the molecule is CC(=O)N1CC(c2ccnc(F)c2)C1. The third kappa shape index (κ3) is 1.60. The molecular formula is C10H11FN2O. The summed E-state index contributed by atoms with van der Waals surface area (Å²) in [6.45, 7) is 2.93. The molecule has 0 unspecified atom stereocenters. The van der Waals surface area contributed by atoms with Gasteiger partial charge >= 0.3 is 0 Å². The van der Waals surface area contributed by atoms with Crippen LogP contribution >= 0.6 is 0 Å². The number of pyridine rings is 1. The number of rotatable bonds is 1. The first-order valence-corrected chi connectivity index (χ1v) is 4.54. The lowest BCUT2D eigenvalue weighted by atomic mass is 9.92. The van der Waals surface area contributed by atoms with E-state index in [-0.39, 0.29) is 11.8 Å². The number of nitrogens with zero attached hydrogens (tertiary/aromatic N) is 2. The summed E-state index contributed by atoms with van der Waals surface area (Å²) in [6.07, 6.45) is 1.46. The summed E-state index contributed by atoms with van der Waals surface area (Å²) >= 11 is 0. The molecule has 0 aromatic carbocycles. The van der Waals surface area contributed by atoms with Crippen LogP contribution in [0.4, 0.5) is 4.39 Å². The van der Waals surface area contributed by atoms with Gasteiger partial charge in [0.1, 0.15) is 0 Å². The largest absolute Gasteiger partial charge is 0.342 e. The Bertz CT molecular complexity index is 361. The minimum Gasteiger partial charge on any atom is -0.342 e. The number of carbonyl (C=O) groups excluding carboxylic acids is 1. The van der Waals surface area contributed by atoms with E-state index in [1.54, 1.807) is 17.9 Å². The van der Waals surface area contributed by atoms with Crippen molar-refractivity contribution in [1.82, 2.24) is 9.88 Å². The van der Waals surface area contributed by atoms with Crippen LogP contribution in [0.15, 0.2) is 18.3 Å². The number of likely N-dealkylation sites (tertiary alicyclic amines) is 1. The second kappa shape index (κ2) is 3.36. The van der Waals surface area contributed by atoms with Gasteiger partial charge in [-0.1, -0.05) is 0 Å². The van der Waals surface area contributed by atoms with E-state index in [0.717, 1.165) is 5.56 Å². The molecule has 0 aliphatic carbocycles. The Labute approximate surface area is 81.6 Å². The van der Waals surface area contributed by atoms with Crippen molar-refractivity contribution in [3.05, 3.63) is 29.8 Å². The van der Waals surface area contributed by atoms with Crippen LogP contribution in [0, 0.1) is 5.95 Å². The van der Waals surface area contributed by atoms with Crippen molar-refractivity contribution in [3.8, 4) is 0 Å². The minimum absolute atomic E-state index is 0.0794. The molecule has 2 rings (SSSR count). The minimum atomic E-state index is -0.455. The normalized spacial score (nSPS) is 16.6. The first kappa shape index (κ1) is 9.12. The number of carbonyl (C=O) groups is 1. The second-order valence-electron chi connectivity index (χ2n) is 3.53. The summed E-state index contributed by atoms with van der Waals surface area (Å²) in [6, 6.07) is 3.23. The van der Waals surface area contributed by atoms with Crippen LogP contribution in [0.3, 0.4) is 0 Å². The fraction of sp³-hybridized carbons (Fsp3) is 0.400.